The molecular weight excluding hydrogens is 451 g/mol. The Morgan fingerprint density at radius 2 is 1.66 bits per heavy atom. The number of para-hydroxylation sites is 1. The number of halogens is 5. The van der Waals surface area contributed by atoms with Crippen LogP contribution in [0.4, 0.5) is 22.0 Å². The van der Waals surface area contributed by atoms with Crippen LogP contribution in [-0.2, 0) is 0 Å². The highest BCUT2D eigenvalue weighted by Gasteiger charge is 2.38. The van der Waals surface area contributed by atoms with Crippen molar-refractivity contribution >= 4 is 22.7 Å². The molecule has 10 heteroatoms. The first-order valence-electron chi connectivity index (χ1n) is 9.12. The summed E-state index contributed by atoms with van der Waals surface area (Å²) in [6.45, 7) is 0. The molecule has 164 valence electrons. The summed E-state index contributed by atoms with van der Waals surface area (Å²) in [7, 11) is 1.41. The zero-order chi connectivity index (χ0) is 23.0. The summed E-state index contributed by atoms with van der Waals surface area (Å²) in [6, 6.07) is 12.2. The van der Waals surface area contributed by atoms with Crippen LogP contribution in [0.2, 0.25) is 0 Å². The predicted octanol–water partition coefficient (Wildman–Crippen LogP) is 5.64. The number of thioether (sulfide) groups is 1. The third kappa shape index (κ3) is 3.81. The van der Waals surface area contributed by atoms with E-state index in [0.29, 0.717) is 16.9 Å². The molecule has 0 saturated carbocycles. The molecule has 1 amide bonds. The average Bonchev–Trinajstić information content (AvgIpc) is 3.25. The van der Waals surface area contributed by atoms with Gasteiger partial charge in [-0.05, 0) is 36.4 Å². The fourth-order valence-corrected chi connectivity index (χ4v) is 4.30. The van der Waals surface area contributed by atoms with Gasteiger partial charge in [-0.1, -0.05) is 30.0 Å². The molecule has 1 heterocycles. The van der Waals surface area contributed by atoms with E-state index < -0.39 is 45.9 Å². The Bertz CT molecular complexity index is 1230. The summed E-state index contributed by atoms with van der Waals surface area (Å²) in [4.78, 5) is 13.1. The molecule has 1 aliphatic rings. The van der Waals surface area contributed by atoms with Gasteiger partial charge in [0.1, 0.15) is 22.0 Å². The van der Waals surface area contributed by atoms with Crippen LogP contribution in [0.25, 0.3) is 0 Å². The maximum Gasteiger partial charge on any atom is 0.278 e. The first-order valence-corrected chi connectivity index (χ1v) is 10.0. The van der Waals surface area contributed by atoms with E-state index in [-0.39, 0.29) is 11.1 Å². The van der Waals surface area contributed by atoms with Crippen molar-refractivity contribution in [3.05, 3.63) is 100 Å². The highest BCUT2D eigenvalue weighted by molar-refractivity contribution is 8.14. The van der Waals surface area contributed by atoms with Gasteiger partial charge in [0.2, 0.25) is 0 Å². The van der Waals surface area contributed by atoms with Crippen molar-refractivity contribution in [2.75, 3.05) is 7.11 Å². The summed E-state index contributed by atoms with van der Waals surface area (Å²) < 4.78 is 73.9. The largest absolute Gasteiger partial charge is 0.496 e. The number of carbonyl (C=O) groups excluding carboxylic acids is 1. The molecule has 4 rings (SSSR count). The Balaban J connectivity index is 1.83. The van der Waals surface area contributed by atoms with Crippen LogP contribution in [0.5, 0.6) is 5.75 Å². The van der Waals surface area contributed by atoms with Crippen molar-refractivity contribution in [1.82, 2.24) is 5.01 Å². The molecule has 1 aliphatic heterocycles. The van der Waals surface area contributed by atoms with Crippen molar-refractivity contribution in [2.45, 2.75) is 5.37 Å². The Hall–Kier alpha value is -3.40. The molecule has 0 bridgehead atoms. The van der Waals surface area contributed by atoms with E-state index in [0.717, 1.165) is 16.8 Å². The molecule has 3 aromatic carbocycles. The van der Waals surface area contributed by atoms with Gasteiger partial charge in [-0.15, -0.1) is 0 Å². The maximum absolute atomic E-state index is 14.3. The van der Waals surface area contributed by atoms with Crippen LogP contribution in [-0.4, -0.2) is 23.1 Å². The van der Waals surface area contributed by atoms with Crippen LogP contribution in [0.1, 0.15) is 26.9 Å². The number of amides is 1. The van der Waals surface area contributed by atoms with E-state index in [2.05, 4.69) is 5.10 Å². The Morgan fingerprint density at radius 1 is 0.969 bits per heavy atom. The van der Waals surface area contributed by atoms with Gasteiger partial charge < -0.3 is 4.74 Å². The Labute approximate surface area is 183 Å². The number of hydrogen-bond acceptors (Lipinski definition) is 4. The third-order valence-electron chi connectivity index (χ3n) is 4.68. The predicted molar refractivity (Wildman–Crippen MR) is 109 cm³/mol. The van der Waals surface area contributed by atoms with Crippen molar-refractivity contribution in [3.8, 4) is 5.75 Å². The summed E-state index contributed by atoms with van der Waals surface area (Å²) >= 11 is 1.07. The lowest BCUT2D eigenvalue weighted by Crippen LogP contribution is -2.28. The Morgan fingerprint density at radius 3 is 2.34 bits per heavy atom. The lowest BCUT2D eigenvalue weighted by molar-refractivity contribution is 0.0741. The smallest absolute Gasteiger partial charge is 0.278 e. The molecule has 0 radical (unpaired) electrons. The van der Waals surface area contributed by atoms with Crippen molar-refractivity contribution in [1.29, 1.82) is 0 Å². The number of nitrogens with zero attached hydrogens (tertiary/aromatic N) is 2. The second kappa shape index (κ2) is 8.62. The van der Waals surface area contributed by atoms with Gasteiger partial charge in [0.25, 0.3) is 5.91 Å². The normalized spacial score (nSPS) is 15.6. The fraction of sp³-hybridized carbons (Fsp3) is 0.0909. The number of carbonyl (C=O) groups is 1. The zero-order valence-corrected chi connectivity index (χ0v) is 17.1. The van der Waals surface area contributed by atoms with E-state index >= 15 is 0 Å². The number of methoxy groups -OCH3 is 1. The van der Waals surface area contributed by atoms with Crippen molar-refractivity contribution in [3.63, 3.8) is 0 Å². The van der Waals surface area contributed by atoms with Crippen molar-refractivity contribution in [2.24, 2.45) is 5.10 Å². The summed E-state index contributed by atoms with van der Waals surface area (Å²) in [5.41, 5.74) is -0.0905. The minimum atomic E-state index is -2.10. The van der Waals surface area contributed by atoms with Gasteiger partial charge in [-0.2, -0.15) is 5.10 Å². The second-order valence-electron chi connectivity index (χ2n) is 6.62. The summed E-state index contributed by atoms with van der Waals surface area (Å²) in [5, 5.41) is 4.40. The fourth-order valence-electron chi connectivity index (χ4n) is 3.12. The molecule has 1 unspecified atom stereocenters. The van der Waals surface area contributed by atoms with Gasteiger partial charge >= 0.3 is 0 Å². The summed E-state index contributed by atoms with van der Waals surface area (Å²) in [6.07, 6.45) is 0. The number of benzene rings is 3. The zero-order valence-electron chi connectivity index (χ0n) is 16.3. The molecule has 1 atom stereocenters. The molecular formula is C22H13F5N2O2S. The lowest BCUT2D eigenvalue weighted by Gasteiger charge is -2.23. The van der Waals surface area contributed by atoms with Crippen molar-refractivity contribution < 1.29 is 31.5 Å². The lowest BCUT2D eigenvalue weighted by atomic mass is 10.1. The van der Waals surface area contributed by atoms with E-state index in [4.69, 9.17) is 4.74 Å². The monoisotopic (exact) mass is 464 g/mol. The van der Waals surface area contributed by atoms with E-state index in [9.17, 15) is 26.7 Å². The summed E-state index contributed by atoms with van der Waals surface area (Å²) in [5.74, 6) is -8.95. The molecule has 32 heavy (non-hydrogen) atoms. The molecule has 0 fully saturated rings. The molecule has 0 spiro atoms. The molecule has 0 aromatic heterocycles. The molecule has 4 nitrogen and oxygen atoms in total. The van der Waals surface area contributed by atoms with Crippen LogP contribution >= 0.6 is 11.8 Å². The molecule has 3 aromatic rings. The number of ether oxygens (including phenoxy) is 1. The number of hydrogen-bond donors (Lipinski definition) is 0. The maximum atomic E-state index is 14.3. The topological polar surface area (TPSA) is 41.9 Å². The molecule has 0 saturated heterocycles. The van der Waals surface area contributed by atoms with Gasteiger partial charge in [0.15, 0.2) is 23.3 Å². The first-order chi connectivity index (χ1) is 15.3. The van der Waals surface area contributed by atoms with Crippen LogP contribution in [0.3, 0.4) is 0 Å². The minimum absolute atomic E-state index is 0.276. The average molecular weight is 464 g/mol. The van der Waals surface area contributed by atoms with Crippen LogP contribution in [0.15, 0.2) is 59.7 Å². The van der Waals surface area contributed by atoms with Gasteiger partial charge in [0.05, 0.1) is 12.7 Å². The quantitative estimate of drug-likeness (QED) is 0.285. The highest BCUT2D eigenvalue weighted by atomic mass is 32.2. The van der Waals surface area contributed by atoms with E-state index in [1.165, 1.54) is 31.4 Å². The molecule has 0 N–H and O–H groups in total. The Kier molecular flexibility index (Phi) is 5.88. The minimum Gasteiger partial charge on any atom is -0.496 e. The second-order valence-corrected chi connectivity index (χ2v) is 7.69. The van der Waals surface area contributed by atoms with E-state index in [1.807, 2.05) is 0 Å². The van der Waals surface area contributed by atoms with Crippen LogP contribution in [0, 0.1) is 29.1 Å². The highest BCUT2D eigenvalue weighted by Crippen LogP contribution is 2.45. The third-order valence-corrected chi connectivity index (χ3v) is 5.90. The standard InChI is InChI=1S/C22H13F5N2O2S/c1-31-16-5-3-2-4-13(16)22-29(28-20(32-22)11-6-8-12(23)9-7-11)21(30)14-10-15(24)18(26)19(27)17(14)25/h2-10,22H,1H3. The van der Waals surface area contributed by atoms with Gasteiger partial charge in [0, 0.05) is 11.1 Å². The number of hydrazone groups is 1. The van der Waals surface area contributed by atoms with Crippen LogP contribution < -0.4 is 4.74 Å². The van der Waals surface area contributed by atoms with E-state index in [1.54, 1.807) is 24.3 Å². The molecule has 0 aliphatic carbocycles. The van der Waals surface area contributed by atoms with Gasteiger partial charge in [-0.25, -0.2) is 27.0 Å². The number of rotatable bonds is 4. The first kappa shape index (κ1) is 21.8. The van der Waals surface area contributed by atoms with Gasteiger partial charge in [-0.3, -0.25) is 4.79 Å². The SMILES string of the molecule is COc1ccccc1C1SC(c2ccc(F)cc2)=NN1C(=O)c1cc(F)c(F)c(F)c1F.